The van der Waals surface area contributed by atoms with Gasteiger partial charge in [0.15, 0.2) is 0 Å². The molecular formula is C19H34FNO. The van der Waals surface area contributed by atoms with Crippen molar-refractivity contribution >= 4 is 0 Å². The van der Waals surface area contributed by atoms with Crippen LogP contribution in [0.3, 0.4) is 0 Å². The minimum Gasteiger partial charge on any atom is -0.383 e. The summed E-state index contributed by atoms with van der Waals surface area (Å²) in [5.74, 6) is -0.151. The Bertz CT molecular complexity index is 400. The molecule has 0 spiro atoms. The Hall–Kier alpha value is -1.09. The summed E-state index contributed by atoms with van der Waals surface area (Å²) in [5.41, 5.74) is 0.172. The van der Waals surface area contributed by atoms with Crippen LogP contribution in [0, 0.1) is 0 Å². The molecule has 0 saturated heterocycles. The summed E-state index contributed by atoms with van der Waals surface area (Å²) in [7, 11) is 0. The fraction of sp³-hybridized carbons (Fsp3) is 0.684. The summed E-state index contributed by atoms with van der Waals surface area (Å²) in [6, 6.07) is -0.297. The number of halogens is 1. The maximum absolute atomic E-state index is 14.3. The van der Waals surface area contributed by atoms with Gasteiger partial charge in [0.05, 0.1) is 11.7 Å². The van der Waals surface area contributed by atoms with Crippen molar-refractivity contribution in [2.24, 2.45) is 0 Å². The van der Waals surface area contributed by atoms with Crippen LogP contribution in [0.25, 0.3) is 0 Å². The molecule has 0 aliphatic rings. The molecule has 0 aromatic carbocycles. The first-order valence-corrected chi connectivity index (χ1v) is 8.53. The first kappa shape index (κ1) is 20.9. The molecule has 0 aromatic heterocycles. The molecule has 2 atom stereocenters. The zero-order valence-corrected chi connectivity index (χ0v) is 15.0. The fourth-order valence-corrected chi connectivity index (χ4v) is 2.47. The lowest BCUT2D eigenvalue weighted by Crippen LogP contribution is -2.49. The summed E-state index contributed by atoms with van der Waals surface area (Å²) in [4.78, 5) is 0. The van der Waals surface area contributed by atoms with Crippen LogP contribution in [0.4, 0.5) is 4.39 Å². The van der Waals surface area contributed by atoms with Crippen LogP contribution in [0.15, 0.2) is 35.8 Å². The van der Waals surface area contributed by atoms with Gasteiger partial charge < -0.3 is 10.4 Å². The van der Waals surface area contributed by atoms with Crippen LogP contribution in [0.2, 0.25) is 0 Å². The van der Waals surface area contributed by atoms with Crippen LogP contribution in [-0.2, 0) is 0 Å². The molecular weight excluding hydrogens is 277 g/mol. The van der Waals surface area contributed by atoms with E-state index in [1.807, 2.05) is 33.8 Å². The second-order valence-electron chi connectivity index (χ2n) is 6.08. The molecule has 128 valence electrons. The lowest BCUT2D eigenvalue weighted by atomic mass is 9.84. The molecule has 0 amide bonds. The molecule has 3 heteroatoms. The number of hydrogen-bond acceptors (Lipinski definition) is 2. The average Bonchev–Trinajstić information content (AvgIpc) is 2.46. The van der Waals surface area contributed by atoms with Gasteiger partial charge in [0, 0.05) is 6.42 Å². The Morgan fingerprint density at radius 1 is 1.27 bits per heavy atom. The van der Waals surface area contributed by atoms with Gasteiger partial charge in [-0.15, -0.1) is 0 Å². The van der Waals surface area contributed by atoms with E-state index in [2.05, 4.69) is 18.8 Å². The Morgan fingerprint density at radius 3 is 2.36 bits per heavy atom. The lowest BCUT2D eigenvalue weighted by molar-refractivity contribution is 0.0377. The van der Waals surface area contributed by atoms with Crippen molar-refractivity contribution in [1.82, 2.24) is 5.32 Å². The molecule has 2 N–H and O–H groups in total. The maximum Gasteiger partial charge on any atom is 0.123 e. The third-order valence-corrected chi connectivity index (χ3v) is 3.96. The van der Waals surface area contributed by atoms with Crippen molar-refractivity contribution < 1.29 is 9.50 Å². The Kier molecular flexibility index (Phi) is 10.1. The van der Waals surface area contributed by atoms with E-state index < -0.39 is 5.60 Å². The highest BCUT2D eigenvalue weighted by molar-refractivity contribution is 5.24. The van der Waals surface area contributed by atoms with Crippen LogP contribution in [-0.4, -0.2) is 16.7 Å². The van der Waals surface area contributed by atoms with E-state index in [-0.39, 0.29) is 11.9 Å². The lowest BCUT2D eigenvalue weighted by Gasteiger charge is -2.36. The smallest absolute Gasteiger partial charge is 0.123 e. The van der Waals surface area contributed by atoms with Gasteiger partial charge in [0.2, 0.25) is 0 Å². The third kappa shape index (κ3) is 6.35. The Labute approximate surface area is 136 Å². The number of hydrogen-bond donors (Lipinski definition) is 2. The molecule has 2 unspecified atom stereocenters. The monoisotopic (exact) mass is 311 g/mol. The van der Waals surface area contributed by atoms with E-state index in [1.165, 1.54) is 0 Å². The standard InChI is InChI=1S/C19H34FNO/c1-7-10-11-13-18(17(20)12-8-2)21-16(6)19(22,14-9-3)15(4)5/h11,13,16,21-22H,4,7-10,12,14H2,1-3,5-6H3/b13-11-,18-17-. The largest absolute Gasteiger partial charge is 0.383 e. The molecule has 0 aliphatic carbocycles. The van der Waals surface area contributed by atoms with Crippen LogP contribution < -0.4 is 5.32 Å². The fourth-order valence-electron chi connectivity index (χ4n) is 2.47. The molecule has 0 heterocycles. The van der Waals surface area contributed by atoms with Crippen LogP contribution >= 0.6 is 0 Å². The number of nitrogens with one attached hydrogen (secondary N) is 1. The summed E-state index contributed by atoms with van der Waals surface area (Å²) in [6.07, 6.45) is 8.34. The van der Waals surface area contributed by atoms with Crippen molar-refractivity contribution in [2.45, 2.75) is 84.8 Å². The molecule has 0 rings (SSSR count). The number of unbranched alkanes of at least 4 members (excludes halogenated alkanes) is 1. The quantitative estimate of drug-likeness (QED) is 0.395. The van der Waals surface area contributed by atoms with Gasteiger partial charge in [-0.25, -0.2) is 4.39 Å². The Morgan fingerprint density at radius 2 is 1.91 bits per heavy atom. The van der Waals surface area contributed by atoms with Crippen molar-refractivity contribution in [3.63, 3.8) is 0 Å². The van der Waals surface area contributed by atoms with Gasteiger partial charge in [-0.3, -0.25) is 0 Å². The van der Waals surface area contributed by atoms with E-state index in [0.29, 0.717) is 24.1 Å². The van der Waals surface area contributed by atoms with Crippen molar-refractivity contribution in [3.8, 4) is 0 Å². The highest BCUT2D eigenvalue weighted by atomic mass is 19.1. The van der Waals surface area contributed by atoms with E-state index in [9.17, 15) is 9.50 Å². The van der Waals surface area contributed by atoms with E-state index in [1.54, 1.807) is 6.08 Å². The van der Waals surface area contributed by atoms with Crippen molar-refractivity contribution in [3.05, 3.63) is 35.8 Å². The first-order chi connectivity index (χ1) is 10.3. The molecule has 22 heavy (non-hydrogen) atoms. The van der Waals surface area contributed by atoms with Crippen molar-refractivity contribution in [2.75, 3.05) is 0 Å². The number of rotatable bonds is 11. The summed E-state index contributed by atoms with van der Waals surface area (Å²) in [6.45, 7) is 13.7. The van der Waals surface area contributed by atoms with Crippen molar-refractivity contribution in [1.29, 1.82) is 0 Å². The third-order valence-electron chi connectivity index (χ3n) is 3.96. The van der Waals surface area contributed by atoms with E-state index in [0.717, 1.165) is 25.7 Å². The highest BCUT2D eigenvalue weighted by Gasteiger charge is 2.34. The van der Waals surface area contributed by atoms with Gasteiger partial charge in [0.25, 0.3) is 0 Å². The zero-order valence-electron chi connectivity index (χ0n) is 15.0. The van der Waals surface area contributed by atoms with Gasteiger partial charge in [-0.05, 0) is 44.8 Å². The second kappa shape index (κ2) is 10.6. The summed E-state index contributed by atoms with van der Waals surface area (Å²) < 4.78 is 14.3. The second-order valence-corrected chi connectivity index (χ2v) is 6.08. The predicted molar refractivity (Wildman–Crippen MR) is 94.4 cm³/mol. The molecule has 2 nitrogen and oxygen atoms in total. The number of aliphatic hydroxyl groups is 1. The normalized spacial score (nSPS) is 17.0. The topological polar surface area (TPSA) is 32.3 Å². The number of allylic oxidation sites excluding steroid dienone is 3. The molecule has 0 radical (unpaired) electrons. The van der Waals surface area contributed by atoms with Crippen LogP contribution in [0.5, 0.6) is 0 Å². The molecule has 0 aliphatic heterocycles. The average molecular weight is 311 g/mol. The summed E-state index contributed by atoms with van der Waals surface area (Å²) in [5, 5.41) is 14.0. The maximum atomic E-state index is 14.3. The van der Waals surface area contributed by atoms with Gasteiger partial charge in [0.1, 0.15) is 11.4 Å². The Balaban J connectivity index is 5.28. The summed E-state index contributed by atoms with van der Waals surface area (Å²) >= 11 is 0. The van der Waals surface area contributed by atoms with E-state index in [4.69, 9.17) is 0 Å². The van der Waals surface area contributed by atoms with Gasteiger partial charge >= 0.3 is 0 Å². The zero-order chi connectivity index (χ0) is 17.2. The minimum absolute atomic E-state index is 0.151. The van der Waals surface area contributed by atoms with Gasteiger partial charge in [-0.1, -0.05) is 46.3 Å². The minimum atomic E-state index is -1.02. The van der Waals surface area contributed by atoms with Crippen LogP contribution in [0.1, 0.15) is 73.1 Å². The predicted octanol–water partition coefficient (Wildman–Crippen LogP) is 5.41. The van der Waals surface area contributed by atoms with E-state index >= 15 is 0 Å². The molecule has 0 fully saturated rings. The van der Waals surface area contributed by atoms with Gasteiger partial charge in [-0.2, -0.15) is 0 Å². The molecule has 0 aromatic rings. The SMILES string of the molecule is C=C(C)C(O)(CCC)C(C)NC(/C=C\CCC)=C(\F)CCC. The highest BCUT2D eigenvalue weighted by Crippen LogP contribution is 2.27. The molecule has 0 saturated carbocycles. The first-order valence-electron chi connectivity index (χ1n) is 8.53. The molecule has 0 bridgehead atoms.